The fourth-order valence-corrected chi connectivity index (χ4v) is 2.90. The molecular formula is C17H21BN4O2. The predicted octanol–water partition coefficient (Wildman–Crippen LogP) is 2.11. The predicted molar refractivity (Wildman–Crippen MR) is 93.1 cm³/mol. The number of rotatable bonds is 3. The molecule has 2 aromatic heterocycles. The first kappa shape index (κ1) is 15.4. The average Bonchev–Trinajstić information content (AvgIpc) is 3.18. The van der Waals surface area contributed by atoms with Gasteiger partial charge in [0.1, 0.15) is 0 Å². The quantitative estimate of drug-likeness (QED) is 0.750. The third kappa shape index (κ3) is 2.44. The molecule has 1 aliphatic heterocycles. The fourth-order valence-electron chi connectivity index (χ4n) is 2.90. The maximum atomic E-state index is 6.08. The molecule has 0 spiro atoms. The van der Waals surface area contributed by atoms with Gasteiger partial charge in [0.2, 0.25) is 0 Å². The van der Waals surface area contributed by atoms with E-state index in [1.807, 2.05) is 35.4 Å². The van der Waals surface area contributed by atoms with Gasteiger partial charge in [0.05, 0.1) is 29.5 Å². The third-order valence-electron chi connectivity index (χ3n) is 5.07. The van der Waals surface area contributed by atoms with E-state index in [1.165, 1.54) is 0 Å². The van der Waals surface area contributed by atoms with Gasteiger partial charge < -0.3 is 9.31 Å². The zero-order valence-electron chi connectivity index (χ0n) is 14.4. The Hall–Kier alpha value is -2.12. The number of aromatic amines is 1. The van der Waals surface area contributed by atoms with Gasteiger partial charge in [0.15, 0.2) is 0 Å². The molecule has 4 rings (SSSR count). The molecular weight excluding hydrogens is 303 g/mol. The van der Waals surface area contributed by atoms with Crippen LogP contribution in [0.2, 0.25) is 0 Å². The van der Waals surface area contributed by atoms with E-state index >= 15 is 0 Å². The normalized spacial score (nSPS) is 19.2. The fraction of sp³-hybridized carbons (Fsp3) is 0.412. The smallest absolute Gasteiger partial charge is 0.399 e. The molecule has 0 atom stereocenters. The lowest BCUT2D eigenvalue weighted by atomic mass is 9.82. The first-order valence-electron chi connectivity index (χ1n) is 8.15. The Morgan fingerprint density at radius 1 is 1.12 bits per heavy atom. The second-order valence-corrected chi connectivity index (χ2v) is 7.31. The van der Waals surface area contributed by atoms with Gasteiger partial charge in [-0.2, -0.15) is 10.2 Å². The van der Waals surface area contributed by atoms with Crippen molar-refractivity contribution in [2.75, 3.05) is 0 Å². The summed E-state index contributed by atoms with van der Waals surface area (Å²) in [7, 11) is -0.383. The molecule has 0 bridgehead atoms. The van der Waals surface area contributed by atoms with Gasteiger partial charge in [-0.05, 0) is 33.3 Å². The second-order valence-electron chi connectivity index (χ2n) is 7.31. The lowest BCUT2D eigenvalue weighted by Crippen LogP contribution is -2.41. The Kier molecular flexibility index (Phi) is 3.33. The van der Waals surface area contributed by atoms with Crippen LogP contribution in [0.5, 0.6) is 0 Å². The zero-order chi connectivity index (χ0) is 16.9. The summed E-state index contributed by atoms with van der Waals surface area (Å²) < 4.78 is 14.1. The van der Waals surface area contributed by atoms with E-state index in [0.717, 1.165) is 21.9 Å². The van der Waals surface area contributed by atoms with Gasteiger partial charge in [-0.3, -0.25) is 9.78 Å². The van der Waals surface area contributed by atoms with Crippen LogP contribution in [-0.2, 0) is 15.9 Å². The van der Waals surface area contributed by atoms with Crippen LogP contribution in [0.4, 0.5) is 0 Å². The van der Waals surface area contributed by atoms with Gasteiger partial charge in [0.25, 0.3) is 0 Å². The van der Waals surface area contributed by atoms with E-state index < -0.39 is 0 Å². The molecule has 1 aliphatic rings. The molecule has 1 aromatic carbocycles. The summed E-state index contributed by atoms with van der Waals surface area (Å²) in [5, 5.41) is 12.7. The molecule has 0 radical (unpaired) electrons. The molecule has 3 heterocycles. The highest BCUT2D eigenvalue weighted by Crippen LogP contribution is 2.36. The number of nitrogens with zero attached hydrogens (tertiary/aromatic N) is 3. The van der Waals surface area contributed by atoms with Gasteiger partial charge in [-0.1, -0.05) is 18.2 Å². The molecule has 7 heteroatoms. The molecule has 1 fully saturated rings. The molecule has 0 unspecified atom stereocenters. The SMILES string of the molecule is CC1(C)OB(c2cnn(Cc3cccc4cn[nH]c34)c2)OC1(C)C. The van der Waals surface area contributed by atoms with Crippen molar-refractivity contribution in [1.29, 1.82) is 0 Å². The van der Waals surface area contributed by atoms with Crippen LogP contribution in [0.25, 0.3) is 10.9 Å². The highest BCUT2D eigenvalue weighted by molar-refractivity contribution is 6.62. The Balaban J connectivity index is 1.57. The Labute approximate surface area is 141 Å². The van der Waals surface area contributed by atoms with Crippen molar-refractivity contribution in [2.45, 2.75) is 45.4 Å². The van der Waals surface area contributed by atoms with E-state index in [9.17, 15) is 0 Å². The standard InChI is InChI=1S/C17H21BN4O2/c1-16(2)17(3,4)24-18(23-16)14-9-20-22(11-14)10-13-7-5-6-12-8-19-21-15(12)13/h5-9,11H,10H2,1-4H3,(H,19,21). The van der Waals surface area contributed by atoms with Crippen molar-refractivity contribution in [3.8, 4) is 0 Å². The minimum absolute atomic E-state index is 0.346. The number of benzene rings is 1. The van der Waals surface area contributed by atoms with Gasteiger partial charge >= 0.3 is 7.12 Å². The number of aromatic nitrogens is 4. The van der Waals surface area contributed by atoms with Crippen molar-refractivity contribution in [3.05, 3.63) is 42.4 Å². The van der Waals surface area contributed by atoms with Crippen LogP contribution in [0.15, 0.2) is 36.8 Å². The molecule has 1 N–H and O–H groups in total. The van der Waals surface area contributed by atoms with Crippen molar-refractivity contribution in [2.24, 2.45) is 0 Å². The topological polar surface area (TPSA) is 65.0 Å². The Morgan fingerprint density at radius 2 is 1.88 bits per heavy atom. The molecule has 124 valence electrons. The molecule has 0 saturated carbocycles. The summed E-state index contributed by atoms with van der Waals surface area (Å²) in [5.74, 6) is 0. The molecule has 1 saturated heterocycles. The minimum Gasteiger partial charge on any atom is -0.399 e. The lowest BCUT2D eigenvalue weighted by molar-refractivity contribution is 0.00578. The molecule has 3 aromatic rings. The minimum atomic E-state index is -0.383. The Morgan fingerprint density at radius 3 is 2.62 bits per heavy atom. The zero-order valence-corrected chi connectivity index (χ0v) is 14.4. The summed E-state index contributed by atoms with van der Waals surface area (Å²) in [6, 6.07) is 6.16. The average molecular weight is 324 g/mol. The van der Waals surface area contributed by atoms with Gasteiger partial charge in [-0.25, -0.2) is 0 Å². The van der Waals surface area contributed by atoms with Gasteiger partial charge in [-0.15, -0.1) is 0 Å². The Bertz CT molecular complexity index is 867. The van der Waals surface area contributed by atoms with Crippen LogP contribution in [0.3, 0.4) is 0 Å². The number of hydrogen-bond acceptors (Lipinski definition) is 4. The van der Waals surface area contributed by atoms with Crippen LogP contribution in [-0.4, -0.2) is 38.3 Å². The van der Waals surface area contributed by atoms with E-state index in [4.69, 9.17) is 9.31 Å². The molecule has 0 amide bonds. The largest absolute Gasteiger partial charge is 0.498 e. The van der Waals surface area contributed by atoms with Crippen molar-refractivity contribution >= 4 is 23.5 Å². The number of hydrogen-bond donors (Lipinski definition) is 1. The number of fused-ring (bicyclic) bond motifs is 1. The summed E-state index contributed by atoms with van der Waals surface area (Å²) in [4.78, 5) is 0. The van der Waals surface area contributed by atoms with E-state index in [0.29, 0.717) is 6.54 Å². The van der Waals surface area contributed by atoms with E-state index in [2.05, 4.69) is 49.1 Å². The van der Waals surface area contributed by atoms with Crippen LogP contribution in [0.1, 0.15) is 33.3 Å². The highest BCUT2D eigenvalue weighted by Gasteiger charge is 2.52. The van der Waals surface area contributed by atoms with Crippen LogP contribution >= 0.6 is 0 Å². The lowest BCUT2D eigenvalue weighted by Gasteiger charge is -2.32. The van der Waals surface area contributed by atoms with Crippen molar-refractivity contribution in [3.63, 3.8) is 0 Å². The first-order valence-corrected chi connectivity index (χ1v) is 8.15. The summed E-state index contributed by atoms with van der Waals surface area (Å²) in [5.41, 5.74) is 2.44. The van der Waals surface area contributed by atoms with E-state index in [1.54, 1.807) is 0 Å². The maximum Gasteiger partial charge on any atom is 0.498 e. The van der Waals surface area contributed by atoms with Crippen LogP contribution in [0, 0.1) is 0 Å². The second kappa shape index (κ2) is 5.19. The maximum absolute atomic E-state index is 6.08. The molecule has 24 heavy (non-hydrogen) atoms. The van der Waals surface area contributed by atoms with Crippen molar-refractivity contribution in [1.82, 2.24) is 20.0 Å². The molecule has 0 aliphatic carbocycles. The summed E-state index contributed by atoms with van der Waals surface area (Å²) >= 11 is 0. The van der Waals surface area contributed by atoms with Crippen LogP contribution < -0.4 is 5.46 Å². The monoisotopic (exact) mass is 324 g/mol. The molecule has 6 nitrogen and oxygen atoms in total. The highest BCUT2D eigenvalue weighted by atomic mass is 16.7. The van der Waals surface area contributed by atoms with E-state index in [-0.39, 0.29) is 18.3 Å². The summed E-state index contributed by atoms with van der Waals surface area (Å²) in [6.07, 6.45) is 5.63. The van der Waals surface area contributed by atoms with Crippen molar-refractivity contribution < 1.29 is 9.31 Å². The van der Waals surface area contributed by atoms with Gasteiger partial charge in [0, 0.05) is 23.2 Å². The summed E-state index contributed by atoms with van der Waals surface area (Å²) in [6.45, 7) is 8.87. The third-order valence-corrected chi connectivity index (χ3v) is 5.07. The number of nitrogens with one attached hydrogen (secondary N) is 1. The number of para-hydroxylation sites is 1. The first-order chi connectivity index (χ1) is 11.4. The number of H-pyrrole nitrogens is 1.